The summed E-state index contributed by atoms with van der Waals surface area (Å²) >= 11 is 0. The molecule has 0 radical (unpaired) electrons. The standard InChI is InChI=1S/C11H17N3O2/c1-2-8-7-12-14-11(8)13-10(15)6-9-4-3-5-16-9/h7,9H,2-6H2,1H3,(H2,12,13,14,15). The van der Waals surface area contributed by atoms with Crippen LogP contribution in [0.2, 0.25) is 0 Å². The summed E-state index contributed by atoms with van der Waals surface area (Å²) in [4.78, 5) is 11.7. The van der Waals surface area contributed by atoms with Crippen LogP contribution in [-0.4, -0.2) is 28.8 Å². The van der Waals surface area contributed by atoms with Crippen LogP contribution in [0.3, 0.4) is 0 Å². The Kier molecular flexibility index (Phi) is 3.56. The molecule has 16 heavy (non-hydrogen) atoms. The quantitative estimate of drug-likeness (QED) is 0.812. The maximum atomic E-state index is 11.7. The minimum Gasteiger partial charge on any atom is -0.378 e. The molecule has 1 aromatic heterocycles. The first-order valence-electron chi connectivity index (χ1n) is 5.73. The van der Waals surface area contributed by atoms with Crippen LogP contribution in [0.4, 0.5) is 5.82 Å². The molecule has 5 nitrogen and oxygen atoms in total. The summed E-state index contributed by atoms with van der Waals surface area (Å²) < 4.78 is 5.41. The number of rotatable bonds is 4. The summed E-state index contributed by atoms with van der Waals surface area (Å²) in [6.07, 6.45) is 5.16. The van der Waals surface area contributed by atoms with Gasteiger partial charge in [-0.25, -0.2) is 0 Å². The van der Waals surface area contributed by atoms with Gasteiger partial charge in [0.05, 0.1) is 18.7 Å². The van der Waals surface area contributed by atoms with E-state index in [0.29, 0.717) is 12.2 Å². The molecule has 1 amide bonds. The van der Waals surface area contributed by atoms with Gasteiger partial charge >= 0.3 is 0 Å². The lowest BCUT2D eigenvalue weighted by Gasteiger charge is -2.09. The highest BCUT2D eigenvalue weighted by Crippen LogP contribution is 2.17. The number of hydrogen-bond donors (Lipinski definition) is 2. The van der Waals surface area contributed by atoms with Gasteiger partial charge in [-0.2, -0.15) is 5.10 Å². The van der Waals surface area contributed by atoms with Gasteiger partial charge in [0.25, 0.3) is 0 Å². The fraction of sp³-hybridized carbons (Fsp3) is 0.636. The summed E-state index contributed by atoms with van der Waals surface area (Å²) in [5.74, 6) is 0.705. The number of hydrogen-bond acceptors (Lipinski definition) is 3. The second kappa shape index (κ2) is 5.12. The molecule has 1 aromatic rings. The van der Waals surface area contributed by atoms with Crippen LogP contribution in [0.5, 0.6) is 0 Å². The zero-order valence-electron chi connectivity index (χ0n) is 9.45. The number of H-pyrrole nitrogens is 1. The number of aryl methyl sites for hydroxylation is 1. The zero-order chi connectivity index (χ0) is 11.4. The van der Waals surface area contributed by atoms with Crippen molar-refractivity contribution in [2.45, 2.75) is 38.7 Å². The van der Waals surface area contributed by atoms with Crippen LogP contribution in [0.15, 0.2) is 6.20 Å². The molecule has 2 N–H and O–H groups in total. The number of carbonyl (C=O) groups excluding carboxylic acids is 1. The van der Waals surface area contributed by atoms with Gasteiger partial charge in [-0.05, 0) is 19.3 Å². The monoisotopic (exact) mass is 223 g/mol. The van der Waals surface area contributed by atoms with Gasteiger partial charge in [-0.1, -0.05) is 6.92 Å². The molecule has 88 valence electrons. The second-order valence-electron chi connectivity index (χ2n) is 4.01. The lowest BCUT2D eigenvalue weighted by Crippen LogP contribution is -2.19. The van der Waals surface area contributed by atoms with Gasteiger partial charge in [0.2, 0.25) is 5.91 Å². The largest absolute Gasteiger partial charge is 0.378 e. The van der Waals surface area contributed by atoms with Crippen LogP contribution < -0.4 is 5.32 Å². The van der Waals surface area contributed by atoms with Gasteiger partial charge in [0, 0.05) is 12.2 Å². The molecule has 1 aliphatic rings. The first kappa shape index (κ1) is 11.1. The highest BCUT2D eigenvalue weighted by molar-refractivity contribution is 5.90. The van der Waals surface area contributed by atoms with Gasteiger partial charge in [-0.15, -0.1) is 0 Å². The van der Waals surface area contributed by atoms with Gasteiger partial charge in [0.15, 0.2) is 0 Å². The molecule has 1 atom stereocenters. The molecule has 1 aliphatic heterocycles. The van der Waals surface area contributed by atoms with E-state index < -0.39 is 0 Å². The Balaban J connectivity index is 1.86. The van der Waals surface area contributed by atoms with E-state index in [2.05, 4.69) is 15.5 Å². The van der Waals surface area contributed by atoms with Gasteiger partial charge < -0.3 is 10.1 Å². The van der Waals surface area contributed by atoms with Crippen LogP contribution in [0.1, 0.15) is 31.7 Å². The van der Waals surface area contributed by atoms with Crippen molar-refractivity contribution in [1.82, 2.24) is 10.2 Å². The number of aromatic amines is 1. The minimum atomic E-state index is -0.00847. The first-order chi connectivity index (χ1) is 7.79. The van der Waals surface area contributed by atoms with Crippen LogP contribution >= 0.6 is 0 Å². The Labute approximate surface area is 94.6 Å². The molecule has 1 saturated heterocycles. The van der Waals surface area contributed by atoms with E-state index in [0.717, 1.165) is 31.4 Å². The Hall–Kier alpha value is -1.36. The first-order valence-corrected chi connectivity index (χ1v) is 5.73. The third-order valence-corrected chi connectivity index (χ3v) is 2.80. The summed E-state index contributed by atoms with van der Waals surface area (Å²) in [5, 5.41) is 9.53. The topological polar surface area (TPSA) is 67.0 Å². The summed E-state index contributed by atoms with van der Waals surface area (Å²) in [6, 6.07) is 0. The lowest BCUT2D eigenvalue weighted by atomic mass is 10.2. The predicted molar refractivity (Wildman–Crippen MR) is 60.2 cm³/mol. The summed E-state index contributed by atoms with van der Waals surface area (Å²) in [5.41, 5.74) is 1.03. The number of carbonyl (C=O) groups is 1. The molecule has 0 aliphatic carbocycles. The third-order valence-electron chi connectivity index (χ3n) is 2.80. The fourth-order valence-electron chi connectivity index (χ4n) is 1.89. The molecule has 1 fully saturated rings. The van der Waals surface area contributed by atoms with Gasteiger partial charge in [-0.3, -0.25) is 9.89 Å². The van der Waals surface area contributed by atoms with Crippen molar-refractivity contribution in [2.75, 3.05) is 11.9 Å². The van der Waals surface area contributed by atoms with Crippen molar-refractivity contribution >= 4 is 11.7 Å². The van der Waals surface area contributed by atoms with E-state index in [1.165, 1.54) is 0 Å². The lowest BCUT2D eigenvalue weighted by molar-refractivity contribution is -0.118. The molecule has 2 rings (SSSR count). The number of nitrogens with zero attached hydrogens (tertiary/aromatic N) is 1. The summed E-state index contributed by atoms with van der Waals surface area (Å²) in [6.45, 7) is 2.81. The van der Waals surface area contributed by atoms with Crippen molar-refractivity contribution in [2.24, 2.45) is 0 Å². The minimum absolute atomic E-state index is 0.00847. The molecule has 0 saturated carbocycles. The number of amides is 1. The maximum Gasteiger partial charge on any atom is 0.228 e. The third kappa shape index (κ3) is 2.61. The van der Waals surface area contributed by atoms with Crippen molar-refractivity contribution in [3.05, 3.63) is 11.8 Å². The Bertz CT molecular complexity index is 356. The number of nitrogens with one attached hydrogen (secondary N) is 2. The van der Waals surface area contributed by atoms with E-state index in [1.54, 1.807) is 6.20 Å². The van der Waals surface area contributed by atoms with Crippen molar-refractivity contribution in [3.8, 4) is 0 Å². The molecular weight excluding hydrogens is 206 g/mol. The smallest absolute Gasteiger partial charge is 0.228 e. The maximum absolute atomic E-state index is 11.7. The summed E-state index contributed by atoms with van der Waals surface area (Å²) in [7, 11) is 0. The molecule has 2 heterocycles. The molecule has 0 bridgehead atoms. The molecule has 1 unspecified atom stereocenters. The van der Waals surface area contributed by atoms with Crippen molar-refractivity contribution in [1.29, 1.82) is 0 Å². The van der Waals surface area contributed by atoms with E-state index in [-0.39, 0.29) is 12.0 Å². The SMILES string of the molecule is CCc1cn[nH]c1NC(=O)CC1CCCO1. The normalized spacial score (nSPS) is 19.9. The Morgan fingerprint density at radius 3 is 3.31 bits per heavy atom. The number of aromatic nitrogens is 2. The molecule has 0 spiro atoms. The predicted octanol–water partition coefficient (Wildman–Crippen LogP) is 1.48. The van der Waals surface area contributed by atoms with E-state index in [9.17, 15) is 4.79 Å². The Morgan fingerprint density at radius 1 is 1.75 bits per heavy atom. The van der Waals surface area contributed by atoms with Crippen molar-refractivity contribution < 1.29 is 9.53 Å². The second-order valence-corrected chi connectivity index (χ2v) is 4.01. The molecule has 0 aromatic carbocycles. The molecule has 5 heteroatoms. The van der Waals surface area contributed by atoms with Crippen LogP contribution in [-0.2, 0) is 16.0 Å². The average Bonchev–Trinajstić information content (AvgIpc) is 2.88. The Morgan fingerprint density at radius 2 is 2.62 bits per heavy atom. The van der Waals surface area contributed by atoms with Crippen LogP contribution in [0, 0.1) is 0 Å². The van der Waals surface area contributed by atoms with E-state index >= 15 is 0 Å². The fourth-order valence-corrected chi connectivity index (χ4v) is 1.89. The van der Waals surface area contributed by atoms with Gasteiger partial charge in [0.1, 0.15) is 5.82 Å². The van der Waals surface area contributed by atoms with Crippen LogP contribution in [0.25, 0.3) is 0 Å². The highest BCUT2D eigenvalue weighted by Gasteiger charge is 2.19. The zero-order valence-corrected chi connectivity index (χ0v) is 9.45. The highest BCUT2D eigenvalue weighted by atomic mass is 16.5. The molecular formula is C11H17N3O2. The average molecular weight is 223 g/mol. The van der Waals surface area contributed by atoms with Crippen molar-refractivity contribution in [3.63, 3.8) is 0 Å². The van der Waals surface area contributed by atoms with E-state index in [4.69, 9.17) is 4.74 Å². The number of anilines is 1. The number of ether oxygens (including phenoxy) is 1. The van der Waals surface area contributed by atoms with E-state index in [1.807, 2.05) is 6.92 Å².